The Bertz CT molecular complexity index is 759. The molecule has 2 amide bonds. The third-order valence-electron chi connectivity index (χ3n) is 4.87. The maximum atomic E-state index is 12.6. The minimum absolute atomic E-state index is 0.0950. The second kappa shape index (κ2) is 7.04. The SMILES string of the molecule is O=C(Nc1ccccc1Cl)N1CCCC1CCc1noc(C2CC2)n1. The van der Waals surface area contributed by atoms with E-state index >= 15 is 0 Å². The summed E-state index contributed by atoms with van der Waals surface area (Å²) >= 11 is 6.13. The number of hydrogen-bond donors (Lipinski definition) is 1. The van der Waals surface area contributed by atoms with Crippen molar-refractivity contribution in [3.8, 4) is 0 Å². The lowest BCUT2D eigenvalue weighted by atomic mass is 10.1. The number of carbonyl (C=O) groups excluding carboxylic acids is 1. The maximum absolute atomic E-state index is 12.6. The number of aromatic nitrogens is 2. The van der Waals surface area contributed by atoms with Crippen LogP contribution in [-0.4, -0.2) is 33.7 Å². The molecule has 2 heterocycles. The molecule has 2 aliphatic rings. The van der Waals surface area contributed by atoms with Crippen LogP contribution in [0.2, 0.25) is 5.02 Å². The molecular weight excluding hydrogens is 340 g/mol. The first-order valence-electron chi connectivity index (χ1n) is 8.85. The highest BCUT2D eigenvalue weighted by atomic mass is 35.5. The summed E-state index contributed by atoms with van der Waals surface area (Å²) in [6.45, 7) is 0.764. The van der Waals surface area contributed by atoms with Gasteiger partial charge in [0.1, 0.15) is 0 Å². The number of urea groups is 1. The van der Waals surface area contributed by atoms with Crippen LogP contribution in [-0.2, 0) is 6.42 Å². The summed E-state index contributed by atoms with van der Waals surface area (Å²) in [5.74, 6) is 2.00. The number of nitrogens with one attached hydrogen (secondary N) is 1. The van der Waals surface area contributed by atoms with Crippen LogP contribution in [0.4, 0.5) is 10.5 Å². The van der Waals surface area contributed by atoms with Gasteiger partial charge in [-0.3, -0.25) is 0 Å². The number of para-hydroxylation sites is 1. The molecule has 1 aliphatic heterocycles. The van der Waals surface area contributed by atoms with E-state index in [1.165, 1.54) is 0 Å². The molecule has 0 bridgehead atoms. The van der Waals surface area contributed by atoms with Gasteiger partial charge in [-0.1, -0.05) is 28.9 Å². The van der Waals surface area contributed by atoms with Gasteiger partial charge in [-0.2, -0.15) is 4.98 Å². The Balaban J connectivity index is 1.34. The number of halogens is 1. The van der Waals surface area contributed by atoms with E-state index in [2.05, 4.69) is 15.5 Å². The molecule has 7 heteroatoms. The van der Waals surface area contributed by atoms with E-state index in [9.17, 15) is 4.79 Å². The lowest BCUT2D eigenvalue weighted by Crippen LogP contribution is -2.39. The number of rotatable bonds is 5. The molecule has 1 saturated carbocycles. The van der Waals surface area contributed by atoms with Crippen molar-refractivity contribution in [3.63, 3.8) is 0 Å². The number of carbonyl (C=O) groups is 1. The zero-order valence-electron chi connectivity index (χ0n) is 13.9. The van der Waals surface area contributed by atoms with Crippen LogP contribution in [0.5, 0.6) is 0 Å². The third-order valence-corrected chi connectivity index (χ3v) is 5.19. The van der Waals surface area contributed by atoms with Gasteiger partial charge in [0, 0.05) is 24.9 Å². The van der Waals surface area contributed by atoms with Gasteiger partial charge in [0.05, 0.1) is 10.7 Å². The number of aryl methyl sites for hydroxylation is 1. The Morgan fingerprint density at radius 3 is 2.96 bits per heavy atom. The number of hydrogen-bond acceptors (Lipinski definition) is 4. The summed E-state index contributed by atoms with van der Waals surface area (Å²) < 4.78 is 5.30. The highest BCUT2D eigenvalue weighted by Crippen LogP contribution is 2.39. The Morgan fingerprint density at radius 2 is 2.16 bits per heavy atom. The van der Waals surface area contributed by atoms with Crippen LogP contribution in [0.15, 0.2) is 28.8 Å². The summed E-state index contributed by atoms with van der Waals surface area (Å²) in [5, 5.41) is 7.53. The number of amides is 2. The molecule has 2 fully saturated rings. The van der Waals surface area contributed by atoms with E-state index in [1.54, 1.807) is 6.07 Å². The molecule has 1 aromatic carbocycles. The van der Waals surface area contributed by atoms with Crippen molar-refractivity contribution >= 4 is 23.3 Å². The smallest absolute Gasteiger partial charge is 0.322 e. The predicted octanol–water partition coefficient (Wildman–Crippen LogP) is 4.23. The fourth-order valence-electron chi connectivity index (χ4n) is 3.31. The van der Waals surface area contributed by atoms with Crippen molar-refractivity contribution in [1.29, 1.82) is 0 Å². The fraction of sp³-hybridized carbons (Fsp3) is 0.500. The van der Waals surface area contributed by atoms with E-state index in [0.717, 1.165) is 56.8 Å². The van der Waals surface area contributed by atoms with Gasteiger partial charge in [0.15, 0.2) is 5.82 Å². The van der Waals surface area contributed by atoms with Crippen LogP contribution >= 0.6 is 11.6 Å². The summed E-state index contributed by atoms with van der Waals surface area (Å²) in [4.78, 5) is 19.0. The second-order valence-corrected chi connectivity index (χ2v) is 7.17. The molecule has 132 valence electrons. The number of benzene rings is 1. The van der Waals surface area contributed by atoms with Crippen LogP contribution in [0.3, 0.4) is 0 Å². The number of nitrogens with zero attached hydrogens (tertiary/aromatic N) is 3. The van der Waals surface area contributed by atoms with Crippen molar-refractivity contribution in [2.75, 3.05) is 11.9 Å². The van der Waals surface area contributed by atoms with E-state index in [4.69, 9.17) is 16.1 Å². The molecule has 1 aliphatic carbocycles. The standard InChI is InChI=1S/C18H21ClN4O2/c19-14-5-1-2-6-15(14)20-18(24)23-11-3-4-13(23)9-10-16-21-17(25-22-16)12-7-8-12/h1-2,5-6,12-13H,3-4,7-11H2,(H,20,24). The van der Waals surface area contributed by atoms with Crippen molar-refractivity contribution < 1.29 is 9.32 Å². The van der Waals surface area contributed by atoms with Gasteiger partial charge in [-0.25, -0.2) is 4.79 Å². The molecule has 1 saturated heterocycles. The zero-order valence-corrected chi connectivity index (χ0v) is 14.7. The minimum atomic E-state index is -0.0950. The molecule has 1 unspecified atom stereocenters. The molecule has 4 rings (SSSR count). The Kier molecular flexibility index (Phi) is 4.61. The zero-order chi connectivity index (χ0) is 17.2. The topological polar surface area (TPSA) is 71.3 Å². The Labute approximate surface area is 151 Å². The lowest BCUT2D eigenvalue weighted by molar-refractivity contribution is 0.203. The Hall–Kier alpha value is -2.08. The van der Waals surface area contributed by atoms with E-state index in [0.29, 0.717) is 16.6 Å². The minimum Gasteiger partial charge on any atom is -0.339 e. The largest absolute Gasteiger partial charge is 0.339 e. The van der Waals surface area contributed by atoms with Crippen molar-refractivity contribution in [2.45, 2.75) is 50.5 Å². The van der Waals surface area contributed by atoms with Crippen LogP contribution in [0.25, 0.3) is 0 Å². The highest BCUT2D eigenvalue weighted by Gasteiger charge is 2.31. The summed E-state index contributed by atoms with van der Waals surface area (Å²) in [6, 6.07) is 7.39. The third kappa shape index (κ3) is 3.79. The van der Waals surface area contributed by atoms with Gasteiger partial charge in [0.25, 0.3) is 0 Å². The molecule has 1 aromatic heterocycles. The lowest BCUT2D eigenvalue weighted by Gasteiger charge is -2.25. The van der Waals surface area contributed by atoms with Crippen molar-refractivity contribution in [2.24, 2.45) is 0 Å². The van der Waals surface area contributed by atoms with E-state index in [1.807, 2.05) is 23.1 Å². The first-order valence-corrected chi connectivity index (χ1v) is 9.23. The Morgan fingerprint density at radius 1 is 1.32 bits per heavy atom. The van der Waals surface area contributed by atoms with Crippen LogP contribution in [0.1, 0.15) is 49.7 Å². The summed E-state index contributed by atoms with van der Waals surface area (Å²) in [5.41, 5.74) is 0.645. The summed E-state index contributed by atoms with van der Waals surface area (Å²) in [7, 11) is 0. The first kappa shape index (κ1) is 16.4. The van der Waals surface area contributed by atoms with E-state index in [-0.39, 0.29) is 12.1 Å². The van der Waals surface area contributed by atoms with Gasteiger partial charge >= 0.3 is 6.03 Å². The van der Waals surface area contributed by atoms with E-state index < -0.39 is 0 Å². The summed E-state index contributed by atoms with van der Waals surface area (Å²) in [6.07, 6.45) is 5.90. The monoisotopic (exact) mass is 360 g/mol. The normalized spacial score (nSPS) is 20.0. The van der Waals surface area contributed by atoms with Crippen LogP contribution in [0, 0.1) is 0 Å². The number of anilines is 1. The van der Waals surface area contributed by atoms with Crippen molar-refractivity contribution in [3.05, 3.63) is 41.0 Å². The van der Waals surface area contributed by atoms with Gasteiger partial charge in [-0.05, 0) is 44.2 Å². The average molecular weight is 361 g/mol. The molecule has 0 radical (unpaired) electrons. The fourth-order valence-corrected chi connectivity index (χ4v) is 3.50. The maximum Gasteiger partial charge on any atom is 0.322 e. The molecule has 2 aromatic rings. The average Bonchev–Trinajstić information content (AvgIpc) is 3.17. The number of likely N-dealkylation sites (tertiary alicyclic amines) is 1. The van der Waals surface area contributed by atoms with Gasteiger partial charge in [0.2, 0.25) is 5.89 Å². The second-order valence-electron chi connectivity index (χ2n) is 6.76. The molecule has 25 heavy (non-hydrogen) atoms. The molecular formula is C18H21ClN4O2. The quantitative estimate of drug-likeness (QED) is 0.866. The molecule has 0 spiro atoms. The molecule has 6 nitrogen and oxygen atoms in total. The predicted molar refractivity (Wildman–Crippen MR) is 94.8 cm³/mol. The van der Waals surface area contributed by atoms with Crippen molar-refractivity contribution in [1.82, 2.24) is 15.0 Å². The van der Waals surface area contributed by atoms with Gasteiger partial charge in [-0.15, -0.1) is 0 Å². The van der Waals surface area contributed by atoms with Crippen LogP contribution < -0.4 is 5.32 Å². The van der Waals surface area contributed by atoms with Gasteiger partial charge < -0.3 is 14.7 Å². The highest BCUT2D eigenvalue weighted by molar-refractivity contribution is 6.33. The molecule has 1 N–H and O–H groups in total. The molecule has 1 atom stereocenters. The first-order chi connectivity index (χ1) is 12.2.